The smallest absolute Gasteiger partial charge is 0.326 e. The van der Waals surface area contributed by atoms with Gasteiger partial charge < -0.3 is 26.6 Å². The highest BCUT2D eigenvalue weighted by molar-refractivity contribution is 7.98. The Bertz CT molecular complexity index is 431. The van der Waals surface area contributed by atoms with E-state index in [1.807, 2.05) is 20.1 Å². The fourth-order valence-electron chi connectivity index (χ4n) is 2.04. The minimum Gasteiger partial charge on any atom is -0.480 e. The van der Waals surface area contributed by atoms with Crippen molar-refractivity contribution in [1.29, 1.82) is 0 Å². The maximum Gasteiger partial charge on any atom is 0.326 e. The predicted octanol–water partition coefficient (Wildman–Crippen LogP) is -0.452. The van der Waals surface area contributed by atoms with E-state index >= 15 is 0 Å². The van der Waals surface area contributed by atoms with E-state index in [1.165, 1.54) is 18.7 Å². The van der Waals surface area contributed by atoms with Crippen LogP contribution in [0.5, 0.6) is 0 Å². The number of hydrogen-bond donors (Lipinski definition) is 5. The number of amides is 2. The first kappa shape index (κ1) is 22.7. The van der Waals surface area contributed by atoms with Crippen molar-refractivity contribution in [2.24, 2.45) is 11.7 Å². The van der Waals surface area contributed by atoms with Crippen LogP contribution in [0.25, 0.3) is 0 Å². The summed E-state index contributed by atoms with van der Waals surface area (Å²) in [7, 11) is 0. The Labute approximate surface area is 146 Å². The third-order valence-electron chi connectivity index (χ3n) is 3.35. The van der Waals surface area contributed by atoms with E-state index in [0.717, 1.165) is 0 Å². The highest BCUT2D eigenvalue weighted by Gasteiger charge is 2.30. The van der Waals surface area contributed by atoms with Crippen LogP contribution in [0.3, 0.4) is 0 Å². The molecule has 0 aliphatic carbocycles. The SMILES string of the molecule is CSCC[C@H](NC(=O)[C@@H](NC(=O)[C@@H](N)CC(C)C)[C@@H](C)O)C(=O)O. The van der Waals surface area contributed by atoms with Crippen LogP contribution < -0.4 is 16.4 Å². The van der Waals surface area contributed by atoms with Gasteiger partial charge in [0, 0.05) is 0 Å². The number of nitrogens with two attached hydrogens (primary N) is 1. The maximum atomic E-state index is 12.2. The normalized spacial score (nSPS) is 16.1. The monoisotopic (exact) mass is 363 g/mol. The number of nitrogens with one attached hydrogen (secondary N) is 2. The lowest BCUT2D eigenvalue weighted by Crippen LogP contribution is -2.58. The third kappa shape index (κ3) is 8.51. The first-order chi connectivity index (χ1) is 11.1. The zero-order valence-electron chi connectivity index (χ0n) is 14.6. The Kier molecular flexibility index (Phi) is 10.7. The summed E-state index contributed by atoms with van der Waals surface area (Å²) in [6.45, 7) is 5.17. The number of carboxylic acids is 1. The van der Waals surface area contributed by atoms with Crippen LogP contribution in [0, 0.1) is 5.92 Å². The second kappa shape index (κ2) is 11.3. The van der Waals surface area contributed by atoms with Crippen LogP contribution in [0.2, 0.25) is 0 Å². The van der Waals surface area contributed by atoms with Gasteiger partial charge in [0.2, 0.25) is 11.8 Å². The summed E-state index contributed by atoms with van der Waals surface area (Å²) in [6.07, 6.45) is 1.33. The molecule has 0 aliphatic heterocycles. The number of carboxylic acid groups (broad SMARTS) is 1. The summed E-state index contributed by atoms with van der Waals surface area (Å²) >= 11 is 1.46. The average Bonchev–Trinajstić information content (AvgIpc) is 2.46. The van der Waals surface area contributed by atoms with Gasteiger partial charge in [0.1, 0.15) is 12.1 Å². The molecule has 0 heterocycles. The number of thioether (sulfide) groups is 1. The molecule has 8 nitrogen and oxygen atoms in total. The van der Waals surface area contributed by atoms with E-state index in [-0.39, 0.29) is 12.3 Å². The van der Waals surface area contributed by atoms with Crippen molar-refractivity contribution in [2.45, 2.75) is 57.8 Å². The summed E-state index contributed by atoms with van der Waals surface area (Å²) < 4.78 is 0. The molecule has 0 bridgehead atoms. The van der Waals surface area contributed by atoms with Gasteiger partial charge in [-0.15, -0.1) is 0 Å². The lowest BCUT2D eigenvalue weighted by atomic mass is 10.0. The van der Waals surface area contributed by atoms with Gasteiger partial charge in [0.05, 0.1) is 12.1 Å². The van der Waals surface area contributed by atoms with Gasteiger partial charge in [-0.25, -0.2) is 4.79 Å². The van der Waals surface area contributed by atoms with E-state index in [2.05, 4.69) is 10.6 Å². The van der Waals surface area contributed by atoms with E-state index in [1.54, 1.807) is 0 Å². The minimum absolute atomic E-state index is 0.201. The molecular weight excluding hydrogens is 334 g/mol. The van der Waals surface area contributed by atoms with E-state index < -0.39 is 42.0 Å². The van der Waals surface area contributed by atoms with Crippen LogP contribution in [0.15, 0.2) is 0 Å². The summed E-state index contributed by atoms with van der Waals surface area (Å²) in [5, 5.41) is 23.6. The molecule has 0 rings (SSSR count). The molecule has 9 heteroatoms. The lowest BCUT2D eigenvalue weighted by molar-refractivity contribution is -0.143. The second-order valence-electron chi connectivity index (χ2n) is 6.14. The van der Waals surface area contributed by atoms with Crippen LogP contribution in [0.4, 0.5) is 0 Å². The first-order valence-electron chi connectivity index (χ1n) is 7.86. The van der Waals surface area contributed by atoms with Gasteiger partial charge >= 0.3 is 5.97 Å². The Morgan fingerprint density at radius 2 is 1.71 bits per heavy atom. The van der Waals surface area contributed by atoms with Crippen molar-refractivity contribution in [1.82, 2.24) is 10.6 Å². The highest BCUT2D eigenvalue weighted by Crippen LogP contribution is 2.05. The molecule has 0 aromatic rings. The summed E-state index contributed by atoms with van der Waals surface area (Å²) in [5.41, 5.74) is 5.76. The molecule has 0 saturated heterocycles. The molecule has 0 fully saturated rings. The molecule has 4 atom stereocenters. The molecule has 0 spiro atoms. The largest absolute Gasteiger partial charge is 0.480 e. The molecular formula is C15H29N3O5S. The van der Waals surface area contributed by atoms with Gasteiger partial charge in [-0.3, -0.25) is 9.59 Å². The molecule has 140 valence electrons. The summed E-state index contributed by atoms with van der Waals surface area (Å²) in [5.74, 6) is -1.70. The summed E-state index contributed by atoms with van der Waals surface area (Å²) in [4.78, 5) is 35.5. The van der Waals surface area contributed by atoms with Crippen LogP contribution in [-0.4, -0.2) is 64.2 Å². The zero-order chi connectivity index (χ0) is 18.9. The molecule has 0 aliphatic rings. The van der Waals surface area contributed by atoms with E-state index in [4.69, 9.17) is 10.8 Å². The van der Waals surface area contributed by atoms with Crippen molar-refractivity contribution in [3.8, 4) is 0 Å². The fraction of sp³-hybridized carbons (Fsp3) is 0.800. The van der Waals surface area contributed by atoms with Crippen LogP contribution in [0.1, 0.15) is 33.6 Å². The number of aliphatic carboxylic acids is 1. The molecule has 0 unspecified atom stereocenters. The molecule has 0 aromatic heterocycles. The third-order valence-corrected chi connectivity index (χ3v) is 3.99. The molecule has 0 aromatic carbocycles. The number of aliphatic hydroxyl groups is 1. The van der Waals surface area contributed by atoms with Crippen LogP contribution >= 0.6 is 11.8 Å². The quantitative estimate of drug-likeness (QED) is 0.334. The van der Waals surface area contributed by atoms with Crippen molar-refractivity contribution in [3.05, 3.63) is 0 Å². The standard InChI is InChI=1S/C15H29N3O5S/c1-8(2)7-10(16)13(20)18-12(9(3)19)14(21)17-11(15(22)23)5-6-24-4/h8-12,19H,5-7,16H2,1-4H3,(H,17,21)(H,18,20)(H,22,23)/t9-,10+,11+,12+/m1/s1. The number of carbonyl (C=O) groups is 3. The van der Waals surface area contributed by atoms with Gasteiger partial charge in [0.25, 0.3) is 0 Å². The summed E-state index contributed by atoms with van der Waals surface area (Å²) in [6, 6.07) is -3.13. The van der Waals surface area contributed by atoms with Gasteiger partial charge in [-0.1, -0.05) is 13.8 Å². The highest BCUT2D eigenvalue weighted by atomic mass is 32.2. The Balaban J connectivity index is 4.88. The molecule has 0 saturated carbocycles. The number of aliphatic hydroxyl groups excluding tert-OH is 1. The first-order valence-corrected chi connectivity index (χ1v) is 9.25. The van der Waals surface area contributed by atoms with E-state index in [0.29, 0.717) is 12.2 Å². The molecule has 24 heavy (non-hydrogen) atoms. The maximum absolute atomic E-state index is 12.2. The van der Waals surface area contributed by atoms with Crippen molar-refractivity contribution < 1.29 is 24.6 Å². The zero-order valence-corrected chi connectivity index (χ0v) is 15.4. The van der Waals surface area contributed by atoms with Gasteiger partial charge in [-0.2, -0.15) is 11.8 Å². The van der Waals surface area contributed by atoms with Crippen LogP contribution in [-0.2, 0) is 14.4 Å². The average molecular weight is 363 g/mol. The second-order valence-corrected chi connectivity index (χ2v) is 7.13. The number of hydrogen-bond acceptors (Lipinski definition) is 6. The molecule has 2 amide bonds. The lowest BCUT2D eigenvalue weighted by Gasteiger charge is -2.25. The van der Waals surface area contributed by atoms with Crippen molar-refractivity contribution >= 4 is 29.5 Å². The Hall–Kier alpha value is -1.32. The fourth-order valence-corrected chi connectivity index (χ4v) is 2.51. The molecule has 6 N–H and O–H groups in total. The number of rotatable bonds is 11. The Morgan fingerprint density at radius 3 is 2.12 bits per heavy atom. The van der Waals surface area contributed by atoms with E-state index in [9.17, 15) is 19.5 Å². The molecule has 0 radical (unpaired) electrons. The van der Waals surface area contributed by atoms with Crippen molar-refractivity contribution in [3.63, 3.8) is 0 Å². The topological polar surface area (TPSA) is 142 Å². The van der Waals surface area contributed by atoms with Gasteiger partial charge in [-0.05, 0) is 37.7 Å². The number of carbonyl (C=O) groups excluding carboxylic acids is 2. The minimum atomic E-state index is -1.26. The van der Waals surface area contributed by atoms with Crippen molar-refractivity contribution in [2.75, 3.05) is 12.0 Å². The van der Waals surface area contributed by atoms with Gasteiger partial charge in [0.15, 0.2) is 0 Å². The predicted molar refractivity (Wildman–Crippen MR) is 93.6 cm³/mol. The Morgan fingerprint density at radius 1 is 1.12 bits per heavy atom.